The largest absolute Gasteiger partial charge is 0.387 e. The molecular formula is C50H41N3. The van der Waals surface area contributed by atoms with Crippen LogP contribution in [0.3, 0.4) is 0 Å². The number of benzene rings is 6. The first-order valence-corrected chi connectivity index (χ1v) is 18.8. The van der Waals surface area contributed by atoms with Crippen molar-refractivity contribution in [2.24, 2.45) is 0 Å². The summed E-state index contributed by atoms with van der Waals surface area (Å²) in [7, 11) is 0. The molecule has 1 aromatic heterocycles. The number of para-hydroxylation sites is 2. The summed E-state index contributed by atoms with van der Waals surface area (Å²) >= 11 is 0. The number of fused-ring (bicyclic) bond motifs is 6. The van der Waals surface area contributed by atoms with Crippen molar-refractivity contribution in [1.29, 1.82) is 0 Å². The van der Waals surface area contributed by atoms with Gasteiger partial charge in [0.15, 0.2) is 0 Å². The lowest BCUT2D eigenvalue weighted by atomic mass is 9.82. The van der Waals surface area contributed by atoms with Crippen LogP contribution in [0.4, 0.5) is 11.4 Å². The Balaban J connectivity index is 1.04. The lowest BCUT2D eigenvalue weighted by Crippen LogP contribution is -2.30. The summed E-state index contributed by atoms with van der Waals surface area (Å²) in [5.74, 6) is 0. The molecule has 1 unspecified atom stereocenters. The smallest absolute Gasteiger partial charge is 0.0560 e. The van der Waals surface area contributed by atoms with Crippen molar-refractivity contribution < 1.29 is 0 Å². The number of anilines is 2. The van der Waals surface area contributed by atoms with Gasteiger partial charge in [-0.25, -0.2) is 0 Å². The quantitative estimate of drug-likeness (QED) is 0.188. The van der Waals surface area contributed by atoms with Crippen LogP contribution in [0.5, 0.6) is 0 Å². The van der Waals surface area contributed by atoms with Crippen molar-refractivity contribution in [2.45, 2.75) is 31.7 Å². The van der Waals surface area contributed by atoms with Crippen LogP contribution in [-0.2, 0) is 5.41 Å². The number of rotatable bonds is 6. The highest BCUT2D eigenvalue weighted by atomic mass is 15.2. The van der Waals surface area contributed by atoms with Crippen molar-refractivity contribution in [3.05, 3.63) is 198 Å². The van der Waals surface area contributed by atoms with Crippen LogP contribution in [0.1, 0.15) is 42.5 Å². The van der Waals surface area contributed by atoms with Gasteiger partial charge in [-0.2, -0.15) is 0 Å². The molecule has 53 heavy (non-hydrogen) atoms. The van der Waals surface area contributed by atoms with Gasteiger partial charge in [0.25, 0.3) is 0 Å². The fourth-order valence-corrected chi connectivity index (χ4v) is 8.91. The minimum Gasteiger partial charge on any atom is -0.387 e. The highest BCUT2D eigenvalue weighted by molar-refractivity contribution is 6.10. The fraction of sp³-hybridized carbons (Fsp3) is 0.120. The average Bonchev–Trinajstić information content (AvgIpc) is 3.67. The molecule has 256 valence electrons. The summed E-state index contributed by atoms with van der Waals surface area (Å²) in [4.78, 5) is 2.55. The highest BCUT2D eigenvalue weighted by Gasteiger charge is 2.36. The number of hydrogen-bond donors (Lipinski definition) is 1. The highest BCUT2D eigenvalue weighted by Crippen LogP contribution is 2.50. The Morgan fingerprint density at radius 2 is 1.45 bits per heavy atom. The fourth-order valence-electron chi connectivity index (χ4n) is 8.91. The Hall–Kier alpha value is -6.32. The van der Waals surface area contributed by atoms with Crippen molar-refractivity contribution in [2.75, 3.05) is 11.4 Å². The van der Waals surface area contributed by atoms with Crippen molar-refractivity contribution in [3.63, 3.8) is 0 Å². The van der Waals surface area contributed by atoms with E-state index in [4.69, 9.17) is 0 Å². The summed E-state index contributed by atoms with van der Waals surface area (Å²) in [6.07, 6.45) is 14.4. The third-order valence-corrected chi connectivity index (χ3v) is 11.6. The van der Waals surface area contributed by atoms with Crippen LogP contribution >= 0.6 is 0 Å². The molecule has 1 aliphatic heterocycles. The van der Waals surface area contributed by atoms with Gasteiger partial charge in [-0.05, 0) is 118 Å². The molecule has 0 saturated heterocycles. The Morgan fingerprint density at radius 1 is 0.660 bits per heavy atom. The minimum atomic E-state index is -0.0713. The molecule has 1 N–H and O–H groups in total. The van der Waals surface area contributed by atoms with E-state index < -0.39 is 0 Å². The molecule has 3 heteroatoms. The summed E-state index contributed by atoms with van der Waals surface area (Å²) < 4.78 is 2.38. The summed E-state index contributed by atoms with van der Waals surface area (Å²) in [5.41, 5.74) is 16.5. The van der Waals surface area contributed by atoms with Crippen molar-refractivity contribution >= 4 is 44.3 Å². The Morgan fingerprint density at radius 3 is 2.30 bits per heavy atom. The van der Waals surface area contributed by atoms with E-state index in [0.717, 1.165) is 13.0 Å². The monoisotopic (exact) mass is 683 g/mol. The topological polar surface area (TPSA) is 20.2 Å². The van der Waals surface area contributed by atoms with Crippen molar-refractivity contribution in [3.8, 4) is 16.8 Å². The Bertz CT molecular complexity index is 2680. The second-order valence-corrected chi connectivity index (χ2v) is 15.0. The van der Waals surface area contributed by atoms with E-state index in [1.165, 1.54) is 83.4 Å². The van der Waals surface area contributed by atoms with Crippen LogP contribution in [0, 0.1) is 0 Å². The van der Waals surface area contributed by atoms with E-state index >= 15 is 0 Å². The van der Waals surface area contributed by atoms with Gasteiger partial charge in [-0.1, -0.05) is 123 Å². The molecule has 2 heterocycles. The molecule has 2 aliphatic carbocycles. The third-order valence-electron chi connectivity index (χ3n) is 11.6. The minimum absolute atomic E-state index is 0.0713. The number of dihydropyridines is 1. The second kappa shape index (κ2) is 12.4. The molecular weight excluding hydrogens is 643 g/mol. The van der Waals surface area contributed by atoms with Crippen molar-refractivity contribution in [1.82, 2.24) is 9.88 Å². The van der Waals surface area contributed by atoms with E-state index in [1.807, 2.05) is 6.20 Å². The van der Waals surface area contributed by atoms with E-state index in [0.29, 0.717) is 0 Å². The maximum atomic E-state index is 3.39. The van der Waals surface area contributed by atoms with Crippen LogP contribution in [0.15, 0.2) is 176 Å². The maximum absolute atomic E-state index is 3.39. The molecule has 0 fully saturated rings. The van der Waals surface area contributed by atoms with Crippen LogP contribution in [0.2, 0.25) is 0 Å². The molecule has 0 spiro atoms. The lowest BCUT2D eigenvalue weighted by molar-refractivity contribution is 0.659. The van der Waals surface area contributed by atoms with E-state index in [1.54, 1.807) is 0 Å². The van der Waals surface area contributed by atoms with Crippen LogP contribution < -0.4 is 10.2 Å². The normalized spacial score (nSPS) is 16.9. The van der Waals surface area contributed by atoms with Gasteiger partial charge in [-0.15, -0.1) is 0 Å². The zero-order valence-corrected chi connectivity index (χ0v) is 30.1. The molecule has 3 nitrogen and oxygen atoms in total. The standard InChI is InChI=1S/C50H41N3/c1-50(2)46-19-8-6-17-42(46)43-27-26-41(32-47(43)50)52(40-16-10-12-35(30-40)37-13-11-29-51-33-37)39-24-21-34(22-25-39)36-23-28-49-45(31-36)44-18-7-9-20-48(44)53(49)38-14-4-3-5-15-38/h3-24,26-32,39,51H,25,33H2,1-2H3. The number of hydrogen-bond acceptors (Lipinski definition) is 2. The molecule has 6 aromatic carbocycles. The average molecular weight is 684 g/mol. The molecule has 1 atom stereocenters. The summed E-state index contributed by atoms with van der Waals surface area (Å²) in [5, 5.41) is 5.94. The summed E-state index contributed by atoms with van der Waals surface area (Å²) in [6.45, 7) is 5.56. The van der Waals surface area contributed by atoms with Gasteiger partial charge in [0.2, 0.25) is 0 Å². The van der Waals surface area contributed by atoms with Gasteiger partial charge >= 0.3 is 0 Å². The summed E-state index contributed by atoms with van der Waals surface area (Å²) in [6, 6.07) is 51.7. The predicted octanol–water partition coefficient (Wildman–Crippen LogP) is 12.1. The molecule has 10 rings (SSSR count). The number of allylic oxidation sites excluding steroid dienone is 4. The first-order chi connectivity index (χ1) is 26.0. The first-order valence-electron chi connectivity index (χ1n) is 18.8. The molecule has 0 radical (unpaired) electrons. The molecule has 0 amide bonds. The Kier molecular flexibility index (Phi) is 7.36. The van der Waals surface area contributed by atoms with Crippen LogP contribution in [0.25, 0.3) is 49.8 Å². The third kappa shape index (κ3) is 5.18. The predicted molar refractivity (Wildman–Crippen MR) is 224 cm³/mol. The van der Waals surface area contributed by atoms with Gasteiger partial charge in [-0.3, -0.25) is 0 Å². The SMILES string of the molecule is CC1(C)c2ccccc2-c2ccc(N(c3cccc(C4=CC=CNC4)c3)C3C=CC(c4ccc5c(c4)c4ccccc4n5-c4ccccc4)=CC3)cc21. The zero-order valence-electron chi connectivity index (χ0n) is 30.1. The van der Waals surface area contributed by atoms with E-state index in [9.17, 15) is 0 Å². The van der Waals surface area contributed by atoms with E-state index in [-0.39, 0.29) is 11.5 Å². The van der Waals surface area contributed by atoms with Gasteiger partial charge < -0.3 is 14.8 Å². The van der Waals surface area contributed by atoms with Gasteiger partial charge in [0, 0.05) is 39.8 Å². The molecule has 7 aromatic rings. The van der Waals surface area contributed by atoms with E-state index in [2.05, 4.69) is 199 Å². The zero-order chi connectivity index (χ0) is 35.5. The number of aromatic nitrogens is 1. The number of nitrogens with one attached hydrogen (secondary N) is 1. The van der Waals surface area contributed by atoms with Gasteiger partial charge in [0.1, 0.15) is 0 Å². The lowest BCUT2D eigenvalue weighted by Gasteiger charge is -2.34. The molecule has 0 saturated carbocycles. The Labute approximate surface area is 311 Å². The van der Waals surface area contributed by atoms with Gasteiger partial charge in [0.05, 0.1) is 17.1 Å². The van der Waals surface area contributed by atoms with Crippen LogP contribution in [-0.4, -0.2) is 17.2 Å². The molecule has 3 aliphatic rings. The maximum Gasteiger partial charge on any atom is 0.0560 e. The first kappa shape index (κ1) is 31.4. The number of nitrogens with zero attached hydrogens (tertiary/aromatic N) is 2. The molecule has 0 bridgehead atoms. The second-order valence-electron chi connectivity index (χ2n) is 15.0.